The van der Waals surface area contributed by atoms with Gasteiger partial charge in [0.1, 0.15) is 0 Å². The Kier molecular flexibility index (Phi) is 3.23. The first kappa shape index (κ1) is 9.20. The Labute approximate surface area is 76.6 Å². The topological polar surface area (TPSA) is 30.0 Å². The average molecular weight is 184 g/mol. The highest BCUT2D eigenvalue weighted by Crippen LogP contribution is 2.01. The summed E-state index contributed by atoms with van der Waals surface area (Å²) in [7, 11) is 0. The van der Waals surface area contributed by atoms with E-state index in [1.165, 1.54) is 0 Å². The predicted octanol–water partition coefficient (Wildman–Crippen LogP) is 1.74. The molecule has 0 radical (unpaired) electrons. The van der Waals surface area contributed by atoms with Crippen LogP contribution in [0.1, 0.15) is 11.3 Å². The summed E-state index contributed by atoms with van der Waals surface area (Å²) in [6.45, 7) is 1.91. The van der Waals surface area contributed by atoms with Gasteiger partial charge in [-0.25, -0.2) is 0 Å². The average Bonchev–Trinajstić information content (AvgIpc) is 2.09. The first-order valence-corrected chi connectivity index (χ1v) is 4.25. The minimum absolute atomic E-state index is 0.0299. The van der Waals surface area contributed by atoms with Gasteiger partial charge in [-0.2, -0.15) is 0 Å². The molecule has 0 atom stereocenters. The van der Waals surface area contributed by atoms with Gasteiger partial charge in [0.15, 0.2) is 5.78 Å². The van der Waals surface area contributed by atoms with Crippen LogP contribution in [0.3, 0.4) is 0 Å². The molecule has 0 spiro atoms. The molecule has 0 aliphatic carbocycles. The van der Waals surface area contributed by atoms with E-state index < -0.39 is 0 Å². The number of carbonyl (C=O) groups excluding carboxylic acids is 1. The van der Waals surface area contributed by atoms with Gasteiger partial charge in [0, 0.05) is 18.3 Å². The summed E-state index contributed by atoms with van der Waals surface area (Å²) >= 11 is 5.36. The minimum Gasteiger partial charge on any atom is -0.298 e. The maximum Gasteiger partial charge on any atom is 0.152 e. The Hall–Kier alpha value is -0.890. The number of ketones is 1. The summed E-state index contributed by atoms with van der Waals surface area (Å²) in [4.78, 5) is 15.0. The number of halogens is 1. The van der Waals surface area contributed by atoms with Crippen molar-refractivity contribution in [3.05, 3.63) is 29.6 Å². The molecular formula is C9H10ClNO. The molecule has 0 unspecified atom stereocenters. The Balaban J connectivity index is 2.64. The van der Waals surface area contributed by atoms with E-state index >= 15 is 0 Å². The van der Waals surface area contributed by atoms with Crippen LogP contribution < -0.4 is 0 Å². The van der Waals surface area contributed by atoms with E-state index in [-0.39, 0.29) is 11.7 Å². The third-order valence-corrected chi connectivity index (χ3v) is 1.82. The Bertz CT molecular complexity index is 268. The van der Waals surface area contributed by atoms with E-state index in [4.69, 9.17) is 11.6 Å². The summed E-state index contributed by atoms with van der Waals surface area (Å²) in [6, 6.07) is 3.78. The van der Waals surface area contributed by atoms with Gasteiger partial charge in [-0.05, 0) is 18.6 Å². The summed E-state index contributed by atoms with van der Waals surface area (Å²) < 4.78 is 0. The molecule has 1 aromatic rings. The lowest BCUT2D eigenvalue weighted by atomic mass is 10.1. The summed E-state index contributed by atoms with van der Waals surface area (Å²) in [5.41, 5.74) is 1.88. The van der Waals surface area contributed by atoms with E-state index in [9.17, 15) is 4.79 Å². The Morgan fingerprint density at radius 1 is 1.58 bits per heavy atom. The Morgan fingerprint density at radius 2 is 2.33 bits per heavy atom. The smallest absolute Gasteiger partial charge is 0.152 e. The van der Waals surface area contributed by atoms with Gasteiger partial charge in [0.2, 0.25) is 0 Å². The van der Waals surface area contributed by atoms with Crippen LogP contribution in [0.25, 0.3) is 0 Å². The molecule has 1 aromatic heterocycles. The van der Waals surface area contributed by atoms with Gasteiger partial charge >= 0.3 is 0 Å². The monoisotopic (exact) mass is 183 g/mol. The number of carbonyl (C=O) groups is 1. The molecule has 0 saturated carbocycles. The molecule has 1 rings (SSSR count). The summed E-state index contributed by atoms with van der Waals surface area (Å²) in [6.07, 6.45) is 2.09. The van der Waals surface area contributed by atoms with Crippen molar-refractivity contribution in [3.8, 4) is 0 Å². The zero-order valence-corrected chi connectivity index (χ0v) is 7.64. The quantitative estimate of drug-likeness (QED) is 0.669. The maximum absolute atomic E-state index is 10.9. The zero-order valence-electron chi connectivity index (χ0n) is 6.88. The van der Waals surface area contributed by atoms with E-state index in [1.807, 2.05) is 19.1 Å². The van der Waals surface area contributed by atoms with Crippen LogP contribution >= 0.6 is 11.6 Å². The predicted molar refractivity (Wildman–Crippen MR) is 48.4 cm³/mol. The molecule has 2 nitrogen and oxygen atoms in total. The highest BCUT2D eigenvalue weighted by atomic mass is 35.5. The molecule has 0 saturated heterocycles. The number of Topliss-reactive ketones (excluding diaryl/α,β-unsaturated/α-hetero) is 1. The van der Waals surface area contributed by atoms with Crippen molar-refractivity contribution in [1.29, 1.82) is 0 Å². The number of pyridine rings is 1. The largest absolute Gasteiger partial charge is 0.298 e. The third kappa shape index (κ3) is 2.62. The number of nitrogens with zero attached hydrogens (tertiary/aromatic N) is 1. The van der Waals surface area contributed by atoms with Gasteiger partial charge in [0.05, 0.1) is 5.88 Å². The van der Waals surface area contributed by atoms with E-state index in [2.05, 4.69) is 4.98 Å². The van der Waals surface area contributed by atoms with Crippen LogP contribution in [0.15, 0.2) is 18.3 Å². The molecule has 0 aliphatic rings. The molecule has 0 amide bonds. The second-order valence-corrected chi connectivity index (χ2v) is 2.92. The number of hydrogen-bond acceptors (Lipinski definition) is 2. The molecule has 0 aliphatic heterocycles. The fraction of sp³-hybridized carbons (Fsp3) is 0.333. The number of hydrogen-bond donors (Lipinski definition) is 0. The number of alkyl halides is 1. The van der Waals surface area contributed by atoms with Gasteiger partial charge < -0.3 is 0 Å². The number of aryl methyl sites for hydroxylation is 1. The second kappa shape index (κ2) is 4.21. The number of aromatic nitrogens is 1. The van der Waals surface area contributed by atoms with Crippen molar-refractivity contribution >= 4 is 17.4 Å². The van der Waals surface area contributed by atoms with Crippen LogP contribution in [-0.2, 0) is 11.2 Å². The summed E-state index contributed by atoms with van der Waals surface area (Å²) in [5, 5.41) is 0. The van der Waals surface area contributed by atoms with Crippen LogP contribution in [0.5, 0.6) is 0 Å². The molecule has 64 valence electrons. The highest BCUT2D eigenvalue weighted by molar-refractivity contribution is 6.27. The van der Waals surface area contributed by atoms with Crippen molar-refractivity contribution in [2.45, 2.75) is 13.3 Å². The highest BCUT2D eigenvalue weighted by Gasteiger charge is 2.00. The molecular weight excluding hydrogens is 174 g/mol. The standard InChI is InChI=1S/C9H10ClNO/c1-7-2-3-8(6-11-7)4-9(12)5-10/h2-3,6H,4-5H2,1H3. The number of rotatable bonds is 3. The van der Waals surface area contributed by atoms with Crippen molar-refractivity contribution in [2.24, 2.45) is 0 Å². The lowest BCUT2D eigenvalue weighted by Crippen LogP contribution is -2.03. The van der Waals surface area contributed by atoms with Crippen LogP contribution in [-0.4, -0.2) is 16.6 Å². The van der Waals surface area contributed by atoms with Gasteiger partial charge in [-0.1, -0.05) is 6.07 Å². The maximum atomic E-state index is 10.9. The zero-order chi connectivity index (χ0) is 8.97. The van der Waals surface area contributed by atoms with Crippen molar-refractivity contribution in [3.63, 3.8) is 0 Å². The minimum atomic E-state index is 0.0299. The van der Waals surface area contributed by atoms with Crippen LogP contribution in [0.4, 0.5) is 0 Å². The fourth-order valence-electron chi connectivity index (χ4n) is 0.878. The molecule has 0 fully saturated rings. The normalized spacial score (nSPS) is 9.83. The first-order chi connectivity index (χ1) is 5.72. The summed E-state index contributed by atoms with van der Waals surface area (Å²) in [5.74, 6) is 0.107. The van der Waals surface area contributed by atoms with Gasteiger partial charge in [-0.3, -0.25) is 9.78 Å². The van der Waals surface area contributed by atoms with Gasteiger partial charge in [0.25, 0.3) is 0 Å². The van der Waals surface area contributed by atoms with Crippen LogP contribution in [0, 0.1) is 6.92 Å². The van der Waals surface area contributed by atoms with Crippen molar-refractivity contribution < 1.29 is 4.79 Å². The van der Waals surface area contributed by atoms with Crippen molar-refractivity contribution in [1.82, 2.24) is 4.98 Å². The molecule has 0 aromatic carbocycles. The molecule has 0 N–H and O–H groups in total. The molecule has 0 bridgehead atoms. The first-order valence-electron chi connectivity index (χ1n) is 3.71. The lowest BCUT2D eigenvalue weighted by Gasteiger charge is -1.97. The van der Waals surface area contributed by atoms with E-state index in [0.717, 1.165) is 11.3 Å². The molecule has 3 heteroatoms. The van der Waals surface area contributed by atoms with Crippen LogP contribution in [0.2, 0.25) is 0 Å². The SMILES string of the molecule is Cc1ccc(CC(=O)CCl)cn1. The van der Waals surface area contributed by atoms with Gasteiger partial charge in [-0.15, -0.1) is 11.6 Å². The van der Waals surface area contributed by atoms with E-state index in [1.54, 1.807) is 6.20 Å². The Morgan fingerprint density at radius 3 is 2.83 bits per heavy atom. The lowest BCUT2D eigenvalue weighted by molar-refractivity contribution is -0.116. The second-order valence-electron chi connectivity index (χ2n) is 2.66. The molecule has 12 heavy (non-hydrogen) atoms. The third-order valence-electron chi connectivity index (χ3n) is 1.52. The fourth-order valence-corrected chi connectivity index (χ4v) is 0.972. The molecule has 1 heterocycles. The van der Waals surface area contributed by atoms with E-state index in [0.29, 0.717) is 6.42 Å². The van der Waals surface area contributed by atoms with Crippen molar-refractivity contribution in [2.75, 3.05) is 5.88 Å².